The van der Waals surface area contributed by atoms with Crippen molar-refractivity contribution in [1.82, 2.24) is 9.78 Å². The fourth-order valence-electron chi connectivity index (χ4n) is 2.47. The van der Waals surface area contributed by atoms with E-state index in [4.69, 9.17) is 0 Å². The Hall–Kier alpha value is -2.55. The molecule has 1 aromatic heterocycles. The van der Waals surface area contributed by atoms with Crippen molar-refractivity contribution >= 4 is 0 Å². The molecule has 0 fully saturated rings. The molecule has 106 valence electrons. The second-order valence-corrected chi connectivity index (χ2v) is 5.01. The Balaban J connectivity index is 2.21. The third-order valence-electron chi connectivity index (χ3n) is 3.46. The number of nitrogens with zero attached hydrogens (tertiary/aromatic N) is 2. The first kappa shape index (κ1) is 13.4. The van der Waals surface area contributed by atoms with E-state index < -0.39 is 0 Å². The molecule has 0 aliphatic heterocycles. The van der Waals surface area contributed by atoms with Crippen molar-refractivity contribution in [3.8, 4) is 22.7 Å². The van der Waals surface area contributed by atoms with Gasteiger partial charge >= 0.3 is 0 Å². The summed E-state index contributed by atoms with van der Waals surface area (Å²) in [6.45, 7) is 2.09. The number of aromatic hydroxyl groups is 1. The maximum atomic E-state index is 10.6. The molecule has 0 radical (unpaired) electrons. The molecule has 0 saturated carbocycles. The quantitative estimate of drug-likeness (QED) is 0.776. The monoisotopic (exact) mass is 278 g/mol. The molecule has 0 aliphatic carbocycles. The lowest BCUT2D eigenvalue weighted by molar-refractivity contribution is 0.469. The number of hydrogen-bond acceptors (Lipinski definition) is 2. The number of hydrogen-bond donors (Lipinski definition) is 1. The van der Waals surface area contributed by atoms with Gasteiger partial charge in [0.05, 0.1) is 5.69 Å². The molecule has 0 saturated heterocycles. The molecule has 3 rings (SSSR count). The van der Waals surface area contributed by atoms with Gasteiger partial charge in [-0.3, -0.25) is 0 Å². The van der Waals surface area contributed by atoms with Crippen molar-refractivity contribution < 1.29 is 5.11 Å². The first-order valence-corrected chi connectivity index (χ1v) is 7.23. The van der Waals surface area contributed by atoms with Crippen LogP contribution in [0.25, 0.3) is 16.9 Å². The first-order valence-electron chi connectivity index (χ1n) is 7.23. The third-order valence-corrected chi connectivity index (χ3v) is 3.46. The van der Waals surface area contributed by atoms with Crippen molar-refractivity contribution in [3.63, 3.8) is 0 Å². The highest BCUT2D eigenvalue weighted by Crippen LogP contribution is 2.34. The van der Waals surface area contributed by atoms with Crippen LogP contribution in [-0.4, -0.2) is 14.9 Å². The van der Waals surface area contributed by atoms with E-state index in [0.29, 0.717) is 0 Å². The van der Waals surface area contributed by atoms with E-state index in [1.54, 1.807) is 0 Å². The van der Waals surface area contributed by atoms with Crippen LogP contribution in [0.5, 0.6) is 5.75 Å². The van der Waals surface area contributed by atoms with Gasteiger partial charge in [-0.2, -0.15) is 5.10 Å². The molecule has 0 spiro atoms. The highest BCUT2D eigenvalue weighted by molar-refractivity contribution is 5.69. The normalized spacial score (nSPS) is 10.7. The van der Waals surface area contributed by atoms with Crippen LogP contribution >= 0.6 is 0 Å². The molecule has 0 bridgehead atoms. The Morgan fingerprint density at radius 2 is 1.57 bits per heavy atom. The topological polar surface area (TPSA) is 38.0 Å². The van der Waals surface area contributed by atoms with Gasteiger partial charge in [-0.25, -0.2) is 4.68 Å². The maximum Gasteiger partial charge on any atom is 0.165 e. The second kappa shape index (κ2) is 5.83. The largest absolute Gasteiger partial charge is 0.504 e. The maximum absolute atomic E-state index is 10.6. The lowest BCUT2D eigenvalue weighted by Gasteiger charge is -2.07. The first-order chi connectivity index (χ1) is 10.3. The molecular weight excluding hydrogens is 260 g/mol. The zero-order chi connectivity index (χ0) is 14.7. The van der Waals surface area contributed by atoms with E-state index in [2.05, 4.69) is 12.0 Å². The summed E-state index contributed by atoms with van der Waals surface area (Å²) in [7, 11) is 0. The van der Waals surface area contributed by atoms with E-state index in [-0.39, 0.29) is 5.75 Å². The summed E-state index contributed by atoms with van der Waals surface area (Å²) in [6.07, 6.45) is 1.72. The van der Waals surface area contributed by atoms with Gasteiger partial charge in [-0.1, -0.05) is 61.9 Å². The summed E-state index contributed by atoms with van der Waals surface area (Å²) >= 11 is 0. The van der Waals surface area contributed by atoms with Crippen LogP contribution in [0.4, 0.5) is 0 Å². The highest BCUT2D eigenvalue weighted by atomic mass is 16.3. The van der Waals surface area contributed by atoms with Crippen molar-refractivity contribution in [3.05, 3.63) is 66.4 Å². The Kier molecular flexibility index (Phi) is 3.73. The highest BCUT2D eigenvalue weighted by Gasteiger charge is 2.18. The van der Waals surface area contributed by atoms with Crippen LogP contribution in [0, 0.1) is 0 Å². The van der Waals surface area contributed by atoms with Gasteiger partial charge in [-0.15, -0.1) is 0 Å². The predicted molar refractivity (Wildman–Crippen MR) is 84.7 cm³/mol. The SMILES string of the molecule is CCCc1nn(-c2ccccc2)c(-c2ccccc2)c1O. The van der Waals surface area contributed by atoms with Gasteiger partial charge in [0.1, 0.15) is 11.4 Å². The van der Waals surface area contributed by atoms with Crippen LogP contribution in [0.1, 0.15) is 19.0 Å². The lowest BCUT2D eigenvalue weighted by atomic mass is 10.1. The van der Waals surface area contributed by atoms with Crippen molar-refractivity contribution in [2.45, 2.75) is 19.8 Å². The number of para-hydroxylation sites is 1. The van der Waals surface area contributed by atoms with Crippen LogP contribution < -0.4 is 0 Å². The molecule has 0 atom stereocenters. The molecule has 1 N–H and O–H groups in total. The summed E-state index contributed by atoms with van der Waals surface area (Å²) in [6, 6.07) is 19.8. The van der Waals surface area contributed by atoms with Gasteiger partial charge in [-0.05, 0) is 18.6 Å². The lowest BCUT2D eigenvalue weighted by Crippen LogP contribution is -1.99. The molecule has 0 amide bonds. The van der Waals surface area contributed by atoms with Crippen LogP contribution in [-0.2, 0) is 6.42 Å². The average molecular weight is 278 g/mol. The van der Waals surface area contributed by atoms with Crippen LogP contribution in [0.3, 0.4) is 0 Å². The Morgan fingerprint density at radius 1 is 0.952 bits per heavy atom. The molecule has 0 aliphatic rings. The number of benzene rings is 2. The molecule has 3 aromatic rings. The number of aromatic nitrogens is 2. The van der Waals surface area contributed by atoms with E-state index in [9.17, 15) is 5.11 Å². The third kappa shape index (κ3) is 2.55. The smallest absolute Gasteiger partial charge is 0.165 e. The van der Waals surface area contributed by atoms with Crippen molar-refractivity contribution in [1.29, 1.82) is 0 Å². The van der Waals surface area contributed by atoms with Gasteiger partial charge in [0.25, 0.3) is 0 Å². The fourth-order valence-corrected chi connectivity index (χ4v) is 2.47. The van der Waals surface area contributed by atoms with Gasteiger partial charge < -0.3 is 5.11 Å². The van der Waals surface area contributed by atoms with E-state index in [0.717, 1.165) is 35.5 Å². The Bertz CT molecular complexity index is 718. The minimum atomic E-state index is 0.284. The Morgan fingerprint density at radius 3 is 2.19 bits per heavy atom. The summed E-state index contributed by atoms with van der Waals surface area (Å²) < 4.78 is 1.83. The van der Waals surface area contributed by atoms with Crippen LogP contribution in [0.2, 0.25) is 0 Å². The zero-order valence-electron chi connectivity index (χ0n) is 12.0. The molecule has 0 unspecified atom stereocenters. The van der Waals surface area contributed by atoms with Crippen molar-refractivity contribution in [2.75, 3.05) is 0 Å². The minimum absolute atomic E-state index is 0.284. The van der Waals surface area contributed by atoms with Crippen molar-refractivity contribution in [2.24, 2.45) is 0 Å². The zero-order valence-corrected chi connectivity index (χ0v) is 12.0. The average Bonchev–Trinajstić information content (AvgIpc) is 2.86. The molecular formula is C18H18N2O. The van der Waals surface area contributed by atoms with E-state index in [1.165, 1.54) is 0 Å². The summed E-state index contributed by atoms with van der Waals surface area (Å²) in [5.41, 5.74) is 3.42. The van der Waals surface area contributed by atoms with Gasteiger partial charge in [0, 0.05) is 5.56 Å². The fraction of sp³-hybridized carbons (Fsp3) is 0.167. The Labute approximate surface area is 124 Å². The van der Waals surface area contributed by atoms with Gasteiger partial charge in [0.2, 0.25) is 0 Å². The standard InChI is InChI=1S/C18H18N2O/c1-2-9-16-18(21)17(14-10-5-3-6-11-14)20(19-16)15-12-7-4-8-13-15/h3-8,10-13,21H,2,9H2,1H3. The van der Waals surface area contributed by atoms with Crippen LogP contribution in [0.15, 0.2) is 60.7 Å². The molecule has 3 nitrogen and oxygen atoms in total. The van der Waals surface area contributed by atoms with E-state index in [1.807, 2.05) is 65.3 Å². The number of aryl methyl sites for hydroxylation is 1. The predicted octanol–water partition coefficient (Wildman–Crippen LogP) is 4.20. The number of rotatable bonds is 4. The van der Waals surface area contributed by atoms with Gasteiger partial charge in [0.15, 0.2) is 5.75 Å². The minimum Gasteiger partial charge on any atom is -0.504 e. The molecule has 3 heteroatoms. The summed E-state index contributed by atoms with van der Waals surface area (Å²) in [4.78, 5) is 0. The molecule has 21 heavy (non-hydrogen) atoms. The molecule has 1 heterocycles. The second-order valence-electron chi connectivity index (χ2n) is 5.01. The summed E-state index contributed by atoms with van der Waals surface area (Å²) in [5, 5.41) is 15.2. The van der Waals surface area contributed by atoms with E-state index >= 15 is 0 Å². The molecule has 2 aromatic carbocycles. The summed E-state index contributed by atoms with van der Waals surface area (Å²) in [5.74, 6) is 0.284.